The van der Waals surface area contributed by atoms with Crippen LogP contribution in [0.1, 0.15) is 30.3 Å². The van der Waals surface area contributed by atoms with Crippen LogP contribution in [0.15, 0.2) is 36.9 Å². The van der Waals surface area contributed by atoms with Gasteiger partial charge in [-0.3, -0.25) is 4.98 Å². The van der Waals surface area contributed by atoms with Crippen molar-refractivity contribution in [1.29, 1.82) is 0 Å². The monoisotopic (exact) mass is 242 g/mol. The topological polar surface area (TPSA) is 64.7 Å². The van der Waals surface area contributed by atoms with Crippen LogP contribution in [0.25, 0.3) is 0 Å². The normalized spacial score (nSPS) is 12.3. The third kappa shape index (κ3) is 3.60. The van der Waals surface area contributed by atoms with Gasteiger partial charge < -0.3 is 5.73 Å². The molecular formula is C14H18N4. The minimum Gasteiger partial charge on any atom is -0.327 e. The van der Waals surface area contributed by atoms with Crippen LogP contribution in [-0.2, 0) is 12.8 Å². The lowest BCUT2D eigenvalue weighted by atomic mass is 10.1. The number of hydrogen-bond acceptors (Lipinski definition) is 4. The molecule has 2 rings (SSSR count). The summed E-state index contributed by atoms with van der Waals surface area (Å²) in [6.45, 7) is 2.09. The maximum Gasteiger partial charge on any atom is 0.132 e. The number of nitrogens with zero attached hydrogens (tertiary/aromatic N) is 3. The van der Waals surface area contributed by atoms with Gasteiger partial charge in [0.1, 0.15) is 5.82 Å². The largest absolute Gasteiger partial charge is 0.327 e. The molecule has 0 spiro atoms. The number of aromatic nitrogens is 3. The van der Waals surface area contributed by atoms with Crippen molar-refractivity contribution in [2.45, 2.75) is 32.2 Å². The standard InChI is InChI=1S/C14H18N4/c1-2-13(15)7-12-9-17-14(18-10-12)8-11-3-5-16-6-4-11/h3-6,9-10,13H,2,7-8,15H2,1H3. The summed E-state index contributed by atoms with van der Waals surface area (Å²) in [4.78, 5) is 12.7. The fourth-order valence-corrected chi connectivity index (χ4v) is 1.71. The quantitative estimate of drug-likeness (QED) is 0.867. The minimum atomic E-state index is 0.194. The Morgan fingerprint density at radius 1 is 1.11 bits per heavy atom. The maximum atomic E-state index is 5.90. The molecule has 0 aliphatic carbocycles. The lowest BCUT2D eigenvalue weighted by molar-refractivity contribution is 0.642. The molecule has 2 N–H and O–H groups in total. The van der Waals surface area contributed by atoms with Crippen molar-refractivity contribution in [2.75, 3.05) is 0 Å². The van der Waals surface area contributed by atoms with Crippen LogP contribution in [0.2, 0.25) is 0 Å². The average molecular weight is 242 g/mol. The lowest BCUT2D eigenvalue weighted by Crippen LogP contribution is -2.21. The Kier molecular flexibility index (Phi) is 4.36. The third-order valence-electron chi connectivity index (χ3n) is 2.89. The van der Waals surface area contributed by atoms with E-state index in [2.05, 4.69) is 21.9 Å². The molecule has 0 bridgehead atoms. The van der Waals surface area contributed by atoms with Crippen LogP contribution >= 0.6 is 0 Å². The summed E-state index contributed by atoms with van der Waals surface area (Å²) < 4.78 is 0. The highest BCUT2D eigenvalue weighted by atomic mass is 14.9. The SMILES string of the molecule is CCC(N)Cc1cnc(Cc2ccncc2)nc1. The molecule has 2 aromatic rings. The first-order valence-electron chi connectivity index (χ1n) is 6.22. The van der Waals surface area contributed by atoms with E-state index in [9.17, 15) is 0 Å². The zero-order chi connectivity index (χ0) is 12.8. The van der Waals surface area contributed by atoms with Crippen LogP contribution in [0.5, 0.6) is 0 Å². The Bertz CT molecular complexity index is 467. The first-order valence-corrected chi connectivity index (χ1v) is 6.22. The Hall–Kier alpha value is -1.81. The van der Waals surface area contributed by atoms with E-state index in [0.29, 0.717) is 0 Å². The van der Waals surface area contributed by atoms with Crippen molar-refractivity contribution in [3.8, 4) is 0 Å². The van der Waals surface area contributed by atoms with Crippen LogP contribution in [-0.4, -0.2) is 21.0 Å². The van der Waals surface area contributed by atoms with E-state index in [1.54, 1.807) is 12.4 Å². The second-order valence-corrected chi connectivity index (χ2v) is 4.41. The van der Waals surface area contributed by atoms with Gasteiger partial charge in [0, 0.05) is 37.3 Å². The van der Waals surface area contributed by atoms with Crippen molar-refractivity contribution in [2.24, 2.45) is 5.73 Å². The van der Waals surface area contributed by atoms with E-state index >= 15 is 0 Å². The molecule has 0 aliphatic rings. The van der Waals surface area contributed by atoms with Crippen LogP contribution in [0, 0.1) is 0 Å². The second-order valence-electron chi connectivity index (χ2n) is 4.41. The molecule has 94 valence electrons. The van der Waals surface area contributed by atoms with Crippen molar-refractivity contribution in [1.82, 2.24) is 15.0 Å². The molecule has 0 amide bonds. The fraction of sp³-hybridized carbons (Fsp3) is 0.357. The summed E-state index contributed by atoms with van der Waals surface area (Å²) in [5.74, 6) is 0.829. The summed E-state index contributed by atoms with van der Waals surface area (Å²) in [6, 6.07) is 4.15. The van der Waals surface area contributed by atoms with E-state index in [0.717, 1.165) is 30.7 Å². The minimum absolute atomic E-state index is 0.194. The maximum absolute atomic E-state index is 5.90. The first-order chi connectivity index (χ1) is 8.78. The van der Waals surface area contributed by atoms with E-state index in [1.807, 2.05) is 24.5 Å². The van der Waals surface area contributed by atoms with Gasteiger partial charge in [-0.15, -0.1) is 0 Å². The summed E-state index contributed by atoms with van der Waals surface area (Å²) in [5.41, 5.74) is 8.17. The van der Waals surface area contributed by atoms with Gasteiger partial charge >= 0.3 is 0 Å². The van der Waals surface area contributed by atoms with Gasteiger partial charge in [0.25, 0.3) is 0 Å². The molecule has 4 nitrogen and oxygen atoms in total. The summed E-state index contributed by atoms with van der Waals surface area (Å²) >= 11 is 0. The molecule has 1 unspecified atom stereocenters. The van der Waals surface area contributed by atoms with Crippen molar-refractivity contribution < 1.29 is 0 Å². The first kappa shape index (κ1) is 12.6. The van der Waals surface area contributed by atoms with Gasteiger partial charge in [0.2, 0.25) is 0 Å². The zero-order valence-electron chi connectivity index (χ0n) is 10.6. The van der Waals surface area contributed by atoms with Crippen LogP contribution < -0.4 is 5.73 Å². The lowest BCUT2D eigenvalue weighted by Gasteiger charge is -2.08. The molecular weight excluding hydrogens is 224 g/mol. The van der Waals surface area contributed by atoms with Crippen molar-refractivity contribution >= 4 is 0 Å². The average Bonchev–Trinajstić information content (AvgIpc) is 2.42. The summed E-state index contributed by atoms with van der Waals surface area (Å²) in [6.07, 6.45) is 9.86. The van der Waals surface area contributed by atoms with E-state index < -0.39 is 0 Å². The van der Waals surface area contributed by atoms with Crippen molar-refractivity contribution in [3.63, 3.8) is 0 Å². The molecule has 2 aromatic heterocycles. The molecule has 0 radical (unpaired) electrons. The molecule has 4 heteroatoms. The van der Waals surface area contributed by atoms with Crippen LogP contribution in [0.4, 0.5) is 0 Å². The number of nitrogens with two attached hydrogens (primary N) is 1. The Morgan fingerprint density at radius 3 is 2.39 bits per heavy atom. The highest BCUT2D eigenvalue weighted by Crippen LogP contribution is 2.06. The Morgan fingerprint density at radius 2 is 1.78 bits per heavy atom. The van der Waals surface area contributed by atoms with E-state index in [1.165, 1.54) is 5.56 Å². The van der Waals surface area contributed by atoms with Gasteiger partial charge in [-0.2, -0.15) is 0 Å². The number of hydrogen-bond donors (Lipinski definition) is 1. The second kappa shape index (κ2) is 6.21. The zero-order valence-corrected chi connectivity index (χ0v) is 10.6. The highest BCUT2D eigenvalue weighted by molar-refractivity contribution is 5.16. The molecule has 0 aliphatic heterocycles. The van der Waals surface area contributed by atoms with Gasteiger partial charge in [0.05, 0.1) is 0 Å². The summed E-state index contributed by atoms with van der Waals surface area (Å²) in [5, 5.41) is 0. The highest BCUT2D eigenvalue weighted by Gasteiger charge is 2.03. The molecule has 1 atom stereocenters. The van der Waals surface area contributed by atoms with Gasteiger partial charge in [-0.05, 0) is 36.1 Å². The number of rotatable bonds is 5. The summed E-state index contributed by atoms with van der Waals surface area (Å²) in [7, 11) is 0. The number of pyridine rings is 1. The Labute approximate surface area is 107 Å². The molecule has 0 saturated heterocycles. The fourth-order valence-electron chi connectivity index (χ4n) is 1.71. The molecule has 18 heavy (non-hydrogen) atoms. The smallest absolute Gasteiger partial charge is 0.132 e. The molecule has 0 saturated carbocycles. The van der Waals surface area contributed by atoms with Gasteiger partial charge in [-0.25, -0.2) is 9.97 Å². The van der Waals surface area contributed by atoms with Gasteiger partial charge in [0.15, 0.2) is 0 Å². The van der Waals surface area contributed by atoms with E-state index in [4.69, 9.17) is 5.73 Å². The molecule has 0 aromatic carbocycles. The molecule has 2 heterocycles. The predicted octanol–water partition coefficient (Wildman–Crippen LogP) is 1.74. The Balaban J connectivity index is 2.00. The molecule has 0 fully saturated rings. The van der Waals surface area contributed by atoms with Gasteiger partial charge in [-0.1, -0.05) is 6.92 Å². The van der Waals surface area contributed by atoms with Crippen molar-refractivity contribution in [3.05, 3.63) is 53.9 Å². The third-order valence-corrected chi connectivity index (χ3v) is 2.89. The predicted molar refractivity (Wildman–Crippen MR) is 71.0 cm³/mol. The van der Waals surface area contributed by atoms with Crippen LogP contribution in [0.3, 0.4) is 0 Å². The van der Waals surface area contributed by atoms with E-state index in [-0.39, 0.29) is 6.04 Å².